The third kappa shape index (κ3) is 2.76. The van der Waals surface area contributed by atoms with Gasteiger partial charge in [0.05, 0.1) is 11.7 Å². The van der Waals surface area contributed by atoms with E-state index in [-0.39, 0.29) is 6.04 Å². The lowest BCUT2D eigenvalue weighted by atomic mass is 10.1. The zero-order valence-corrected chi connectivity index (χ0v) is 11.1. The Morgan fingerprint density at radius 3 is 2.72 bits per heavy atom. The Kier molecular flexibility index (Phi) is 3.76. The van der Waals surface area contributed by atoms with Gasteiger partial charge in [-0.05, 0) is 12.0 Å². The number of hydrogen-bond donors (Lipinski definition) is 1. The highest BCUT2D eigenvalue weighted by atomic mass is 15.3. The van der Waals surface area contributed by atoms with Gasteiger partial charge in [0.1, 0.15) is 12.2 Å². The summed E-state index contributed by atoms with van der Waals surface area (Å²) in [5.41, 5.74) is 7.20. The van der Waals surface area contributed by atoms with Crippen LogP contribution in [0.1, 0.15) is 31.4 Å². The molecular weight excluding hydrogens is 228 g/mol. The molecule has 0 saturated heterocycles. The van der Waals surface area contributed by atoms with Crippen molar-refractivity contribution in [3.05, 3.63) is 30.1 Å². The van der Waals surface area contributed by atoms with Crippen LogP contribution in [0.5, 0.6) is 0 Å². The van der Waals surface area contributed by atoms with Crippen LogP contribution in [0.2, 0.25) is 0 Å². The highest BCUT2D eigenvalue weighted by molar-refractivity contribution is 5.08. The van der Waals surface area contributed by atoms with E-state index in [1.807, 2.05) is 17.8 Å². The van der Waals surface area contributed by atoms with Gasteiger partial charge in [0.2, 0.25) is 0 Å². The fourth-order valence-corrected chi connectivity index (χ4v) is 1.99. The van der Waals surface area contributed by atoms with Gasteiger partial charge >= 0.3 is 0 Å². The van der Waals surface area contributed by atoms with Gasteiger partial charge in [-0.2, -0.15) is 10.2 Å². The molecule has 0 bridgehead atoms. The van der Waals surface area contributed by atoms with Crippen LogP contribution in [0.15, 0.2) is 18.6 Å². The Labute approximate surface area is 107 Å². The zero-order valence-electron chi connectivity index (χ0n) is 11.1. The molecule has 98 valence electrons. The average molecular weight is 248 g/mol. The summed E-state index contributed by atoms with van der Waals surface area (Å²) in [5, 5.41) is 8.37. The fraction of sp³-hybridized carbons (Fsp3) is 0.583. The Morgan fingerprint density at radius 2 is 2.11 bits per heavy atom. The molecule has 18 heavy (non-hydrogen) atoms. The van der Waals surface area contributed by atoms with E-state index in [1.54, 1.807) is 17.2 Å². The SMILES string of the molecule is CC(C)Cn1ncnc1CC(N)c1ccnn1C. The van der Waals surface area contributed by atoms with Crippen LogP contribution < -0.4 is 5.73 Å². The molecule has 0 aliphatic heterocycles. The molecule has 2 aromatic heterocycles. The second-order valence-corrected chi connectivity index (χ2v) is 4.94. The van der Waals surface area contributed by atoms with E-state index in [4.69, 9.17) is 5.73 Å². The Bertz CT molecular complexity index is 498. The van der Waals surface area contributed by atoms with Crippen LogP contribution in [-0.4, -0.2) is 24.5 Å². The van der Waals surface area contributed by atoms with Gasteiger partial charge in [0.25, 0.3) is 0 Å². The molecule has 1 atom stereocenters. The smallest absolute Gasteiger partial charge is 0.138 e. The lowest BCUT2D eigenvalue weighted by molar-refractivity contribution is 0.456. The number of hydrogen-bond acceptors (Lipinski definition) is 4. The van der Waals surface area contributed by atoms with Gasteiger partial charge in [-0.15, -0.1) is 0 Å². The summed E-state index contributed by atoms with van der Waals surface area (Å²) in [7, 11) is 1.90. The van der Waals surface area contributed by atoms with Crippen molar-refractivity contribution in [2.24, 2.45) is 18.7 Å². The van der Waals surface area contributed by atoms with Gasteiger partial charge in [-0.1, -0.05) is 13.8 Å². The molecule has 6 heteroatoms. The number of nitrogens with two attached hydrogens (primary N) is 1. The van der Waals surface area contributed by atoms with Gasteiger partial charge in [0.15, 0.2) is 0 Å². The van der Waals surface area contributed by atoms with Crippen LogP contribution >= 0.6 is 0 Å². The van der Waals surface area contributed by atoms with Crippen LogP contribution in [0.25, 0.3) is 0 Å². The Morgan fingerprint density at radius 1 is 1.33 bits per heavy atom. The Hall–Kier alpha value is -1.69. The lowest BCUT2D eigenvalue weighted by Gasteiger charge is -2.13. The molecule has 0 saturated carbocycles. The molecule has 0 radical (unpaired) electrons. The van der Waals surface area contributed by atoms with E-state index in [1.165, 1.54) is 0 Å². The molecule has 2 N–H and O–H groups in total. The second kappa shape index (κ2) is 5.30. The summed E-state index contributed by atoms with van der Waals surface area (Å²) >= 11 is 0. The molecule has 0 spiro atoms. The molecule has 2 aromatic rings. The van der Waals surface area contributed by atoms with E-state index in [0.717, 1.165) is 18.1 Å². The molecule has 0 fully saturated rings. The number of aryl methyl sites for hydroxylation is 1. The topological polar surface area (TPSA) is 74.6 Å². The van der Waals surface area contributed by atoms with Crippen LogP contribution in [0, 0.1) is 5.92 Å². The molecule has 2 heterocycles. The van der Waals surface area contributed by atoms with Crippen molar-refractivity contribution in [3.8, 4) is 0 Å². The first-order valence-electron chi connectivity index (χ1n) is 6.18. The first-order valence-corrected chi connectivity index (χ1v) is 6.18. The van der Waals surface area contributed by atoms with E-state index >= 15 is 0 Å². The van der Waals surface area contributed by atoms with Gasteiger partial charge < -0.3 is 5.73 Å². The number of aromatic nitrogens is 5. The predicted octanol–water partition coefficient (Wildman–Crippen LogP) is 0.910. The van der Waals surface area contributed by atoms with Gasteiger partial charge in [-0.25, -0.2) is 9.67 Å². The molecule has 0 aromatic carbocycles. The predicted molar refractivity (Wildman–Crippen MR) is 68.7 cm³/mol. The molecule has 0 aliphatic rings. The first-order chi connectivity index (χ1) is 8.58. The molecule has 1 unspecified atom stereocenters. The van der Waals surface area contributed by atoms with Crippen molar-refractivity contribution >= 4 is 0 Å². The van der Waals surface area contributed by atoms with E-state index < -0.39 is 0 Å². The summed E-state index contributed by atoms with van der Waals surface area (Å²) in [5.74, 6) is 1.47. The highest BCUT2D eigenvalue weighted by Gasteiger charge is 2.15. The fourth-order valence-electron chi connectivity index (χ4n) is 1.99. The number of rotatable bonds is 5. The van der Waals surface area contributed by atoms with Crippen molar-refractivity contribution in [2.45, 2.75) is 32.9 Å². The van der Waals surface area contributed by atoms with Crippen molar-refractivity contribution in [2.75, 3.05) is 0 Å². The standard InChI is InChI=1S/C12H20N6/c1-9(2)7-18-12(14-8-16-18)6-10(13)11-4-5-15-17(11)3/h4-5,8-10H,6-7,13H2,1-3H3. The van der Waals surface area contributed by atoms with E-state index in [9.17, 15) is 0 Å². The van der Waals surface area contributed by atoms with Gasteiger partial charge in [-0.3, -0.25) is 4.68 Å². The monoisotopic (exact) mass is 248 g/mol. The van der Waals surface area contributed by atoms with Crippen LogP contribution in [-0.2, 0) is 20.0 Å². The van der Waals surface area contributed by atoms with E-state index in [0.29, 0.717) is 12.3 Å². The molecule has 0 amide bonds. The maximum atomic E-state index is 6.19. The minimum Gasteiger partial charge on any atom is -0.322 e. The third-order valence-electron chi connectivity index (χ3n) is 2.88. The Balaban J connectivity index is 2.10. The molecular formula is C12H20N6. The maximum absolute atomic E-state index is 6.19. The van der Waals surface area contributed by atoms with Gasteiger partial charge in [0, 0.05) is 26.2 Å². The van der Waals surface area contributed by atoms with E-state index in [2.05, 4.69) is 29.0 Å². The summed E-state index contributed by atoms with van der Waals surface area (Å²) in [4.78, 5) is 4.29. The molecule has 2 rings (SSSR count). The number of nitrogens with zero attached hydrogens (tertiary/aromatic N) is 5. The first kappa shape index (κ1) is 12.8. The lowest BCUT2D eigenvalue weighted by Crippen LogP contribution is -2.20. The van der Waals surface area contributed by atoms with Crippen molar-refractivity contribution < 1.29 is 0 Å². The summed E-state index contributed by atoms with van der Waals surface area (Å²) < 4.78 is 3.73. The zero-order chi connectivity index (χ0) is 13.1. The summed E-state index contributed by atoms with van der Waals surface area (Å²) in [6.45, 7) is 5.19. The molecule has 6 nitrogen and oxygen atoms in total. The summed E-state index contributed by atoms with van der Waals surface area (Å²) in [6.07, 6.45) is 4.02. The average Bonchev–Trinajstić information content (AvgIpc) is 2.88. The summed E-state index contributed by atoms with van der Waals surface area (Å²) in [6, 6.07) is 1.83. The van der Waals surface area contributed by atoms with Crippen molar-refractivity contribution in [3.63, 3.8) is 0 Å². The van der Waals surface area contributed by atoms with Crippen LogP contribution in [0.3, 0.4) is 0 Å². The quantitative estimate of drug-likeness (QED) is 0.853. The largest absolute Gasteiger partial charge is 0.322 e. The minimum atomic E-state index is -0.104. The van der Waals surface area contributed by atoms with Crippen molar-refractivity contribution in [1.29, 1.82) is 0 Å². The maximum Gasteiger partial charge on any atom is 0.138 e. The highest BCUT2D eigenvalue weighted by Crippen LogP contribution is 2.14. The van der Waals surface area contributed by atoms with Crippen LogP contribution in [0.4, 0.5) is 0 Å². The molecule has 0 aliphatic carbocycles. The third-order valence-corrected chi connectivity index (χ3v) is 2.88. The normalized spacial score (nSPS) is 13.2. The second-order valence-electron chi connectivity index (χ2n) is 4.94. The minimum absolute atomic E-state index is 0.104. The van der Waals surface area contributed by atoms with Crippen molar-refractivity contribution in [1.82, 2.24) is 24.5 Å².